The fourth-order valence-electron chi connectivity index (χ4n) is 2.24. The predicted octanol–water partition coefficient (Wildman–Crippen LogP) is 2.22. The average Bonchev–Trinajstić information content (AvgIpc) is 2.72. The Kier molecular flexibility index (Phi) is 4.94. The van der Waals surface area contributed by atoms with Crippen molar-refractivity contribution in [3.63, 3.8) is 0 Å². The third-order valence-electron chi connectivity index (χ3n) is 3.44. The van der Waals surface area contributed by atoms with E-state index in [2.05, 4.69) is 4.90 Å². The molecule has 2 rings (SSSR count). The fourth-order valence-corrected chi connectivity index (χ4v) is 3.55. The molecule has 110 valence electrons. The summed E-state index contributed by atoms with van der Waals surface area (Å²) in [6, 6.07) is 8.00. The first-order valence-corrected chi connectivity index (χ1v) is 7.72. The van der Waals surface area contributed by atoms with Crippen LogP contribution in [0.25, 0.3) is 0 Å². The standard InChI is InChI=1S/C15H22N2O2S/c1-11-14(18)17(10-9-16(2)3)15(20-11)12-5-7-13(19-4)8-6-12/h5-8,11,15H,9-10H2,1-4H3/t11-,15-/m0/s1. The molecule has 20 heavy (non-hydrogen) atoms. The molecule has 0 unspecified atom stereocenters. The summed E-state index contributed by atoms with van der Waals surface area (Å²) in [5.74, 6) is 1.08. The Morgan fingerprint density at radius 2 is 1.95 bits per heavy atom. The van der Waals surface area contributed by atoms with Gasteiger partial charge in [0.25, 0.3) is 0 Å². The van der Waals surface area contributed by atoms with E-state index in [1.165, 1.54) is 0 Å². The van der Waals surface area contributed by atoms with E-state index in [-0.39, 0.29) is 16.5 Å². The molecule has 0 N–H and O–H groups in total. The van der Waals surface area contributed by atoms with Gasteiger partial charge in [-0.05, 0) is 38.7 Å². The Balaban J connectivity index is 2.16. The summed E-state index contributed by atoms with van der Waals surface area (Å²) in [6.45, 7) is 3.63. The van der Waals surface area contributed by atoms with Crippen molar-refractivity contribution in [2.75, 3.05) is 34.3 Å². The molecule has 0 bridgehead atoms. The number of amides is 1. The zero-order valence-electron chi connectivity index (χ0n) is 12.5. The van der Waals surface area contributed by atoms with Gasteiger partial charge in [-0.3, -0.25) is 4.79 Å². The molecule has 0 aliphatic carbocycles. The second-order valence-corrected chi connectivity index (χ2v) is 6.66. The number of thioether (sulfide) groups is 1. The van der Waals surface area contributed by atoms with E-state index in [0.717, 1.165) is 24.4 Å². The summed E-state index contributed by atoms with van der Waals surface area (Å²) in [6.07, 6.45) is 0. The summed E-state index contributed by atoms with van der Waals surface area (Å²) in [4.78, 5) is 16.4. The van der Waals surface area contributed by atoms with Gasteiger partial charge in [0, 0.05) is 13.1 Å². The highest BCUT2D eigenvalue weighted by Gasteiger charge is 2.38. The molecule has 1 amide bonds. The van der Waals surface area contributed by atoms with Gasteiger partial charge in [-0.25, -0.2) is 0 Å². The average molecular weight is 294 g/mol. The molecule has 2 atom stereocenters. The summed E-state index contributed by atoms with van der Waals surface area (Å²) in [7, 11) is 5.72. The molecule has 5 heteroatoms. The first kappa shape index (κ1) is 15.2. The van der Waals surface area contributed by atoms with Crippen LogP contribution in [0.3, 0.4) is 0 Å². The minimum Gasteiger partial charge on any atom is -0.497 e. The quantitative estimate of drug-likeness (QED) is 0.833. The summed E-state index contributed by atoms with van der Waals surface area (Å²) >= 11 is 1.72. The highest BCUT2D eigenvalue weighted by Crippen LogP contribution is 2.42. The Morgan fingerprint density at radius 1 is 1.30 bits per heavy atom. The SMILES string of the molecule is COc1ccc([C@@H]2S[C@@H](C)C(=O)N2CCN(C)C)cc1. The van der Waals surface area contributed by atoms with Crippen LogP contribution >= 0.6 is 11.8 Å². The lowest BCUT2D eigenvalue weighted by molar-refractivity contribution is -0.129. The number of likely N-dealkylation sites (N-methyl/N-ethyl adjacent to an activating group) is 1. The van der Waals surface area contributed by atoms with Crippen LogP contribution in [0.2, 0.25) is 0 Å². The van der Waals surface area contributed by atoms with Crippen molar-refractivity contribution in [3.05, 3.63) is 29.8 Å². The smallest absolute Gasteiger partial charge is 0.236 e. The highest BCUT2D eigenvalue weighted by molar-refractivity contribution is 8.01. The van der Waals surface area contributed by atoms with Gasteiger partial charge in [-0.2, -0.15) is 0 Å². The number of carbonyl (C=O) groups is 1. The molecular weight excluding hydrogens is 272 g/mol. The van der Waals surface area contributed by atoms with E-state index >= 15 is 0 Å². The van der Waals surface area contributed by atoms with Crippen molar-refractivity contribution in [2.24, 2.45) is 0 Å². The van der Waals surface area contributed by atoms with Crippen LogP contribution in [-0.4, -0.2) is 55.3 Å². The van der Waals surface area contributed by atoms with E-state index in [1.54, 1.807) is 18.9 Å². The summed E-state index contributed by atoms with van der Waals surface area (Å²) < 4.78 is 5.19. The van der Waals surface area contributed by atoms with Crippen LogP contribution in [-0.2, 0) is 4.79 Å². The minimum atomic E-state index is 0.0317. The lowest BCUT2D eigenvalue weighted by Gasteiger charge is -2.25. The van der Waals surface area contributed by atoms with Crippen LogP contribution in [0.15, 0.2) is 24.3 Å². The summed E-state index contributed by atoms with van der Waals surface area (Å²) in [5, 5.41) is 0.146. The molecule has 0 spiro atoms. The minimum absolute atomic E-state index is 0.0317. The molecule has 4 nitrogen and oxygen atoms in total. The maximum atomic E-state index is 12.3. The van der Waals surface area contributed by atoms with E-state index in [4.69, 9.17) is 4.74 Å². The maximum Gasteiger partial charge on any atom is 0.236 e. The number of methoxy groups -OCH3 is 1. The van der Waals surface area contributed by atoms with Crippen molar-refractivity contribution < 1.29 is 9.53 Å². The Hall–Kier alpha value is -1.20. The van der Waals surface area contributed by atoms with E-state index in [1.807, 2.05) is 50.2 Å². The molecule has 0 radical (unpaired) electrons. The number of nitrogens with zero attached hydrogens (tertiary/aromatic N) is 2. The van der Waals surface area contributed by atoms with E-state index in [9.17, 15) is 4.79 Å². The topological polar surface area (TPSA) is 32.8 Å². The molecule has 1 aliphatic rings. The van der Waals surface area contributed by atoms with E-state index in [0.29, 0.717) is 0 Å². The van der Waals surface area contributed by atoms with Gasteiger partial charge in [-0.1, -0.05) is 12.1 Å². The first-order chi connectivity index (χ1) is 9.52. The maximum absolute atomic E-state index is 12.3. The Morgan fingerprint density at radius 3 is 2.50 bits per heavy atom. The van der Waals surface area contributed by atoms with Gasteiger partial charge in [-0.15, -0.1) is 11.8 Å². The van der Waals surface area contributed by atoms with Gasteiger partial charge >= 0.3 is 0 Å². The van der Waals surface area contributed by atoms with Crippen molar-refractivity contribution in [3.8, 4) is 5.75 Å². The van der Waals surface area contributed by atoms with Crippen LogP contribution in [0.5, 0.6) is 5.75 Å². The van der Waals surface area contributed by atoms with Gasteiger partial charge in [0.1, 0.15) is 11.1 Å². The number of carbonyl (C=O) groups excluding carboxylic acids is 1. The van der Waals surface area contributed by atoms with E-state index < -0.39 is 0 Å². The van der Waals surface area contributed by atoms with Gasteiger partial charge < -0.3 is 14.5 Å². The van der Waals surface area contributed by atoms with Crippen molar-refractivity contribution >= 4 is 17.7 Å². The molecule has 0 saturated carbocycles. The number of benzene rings is 1. The van der Waals surface area contributed by atoms with Crippen LogP contribution < -0.4 is 4.74 Å². The van der Waals surface area contributed by atoms with Crippen LogP contribution in [0.1, 0.15) is 17.9 Å². The third-order valence-corrected chi connectivity index (χ3v) is 4.83. The summed E-state index contributed by atoms with van der Waals surface area (Å²) in [5.41, 5.74) is 1.16. The first-order valence-electron chi connectivity index (χ1n) is 6.77. The molecule has 1 aromatic rings. The zero-order chi connectivity index (χ0) is 14.7. The van der Waals surface area contributed by atoms with Crippen molar-refractivity contribution in [1.82, 2.24) is 9.80 Å². The second kappa shape index (κ2) is 6.50. The number of hydrogen-bond acceptors (Lipinski definition) is 4. The fraction of sp³-hybridized carbons (Fsp3) is 0.533. The van der Waals surface area contributed by atoms with Crippen molar-refractivity contribution in [2.45, 2.75) is 17.5 Å². The zero-order valence-corrected chi connectivity index (χ0v) is 13.3. The van der Waals surface area contributed by atoms with Crippen LogP contribution in [0.4, 0.5) is 0 Å². The largest absolute Gasteiger partial charge is 0.497 e. The molecule has 1 saturated heterocycles. The normalized spacial score (nSPS) is 22.6. The Labute approximate surface area is 125 Å². The predicted molar refractivity (Wildman–Crippen MR) is 83.1 cm³/mol. The second-order valence-electron chi connectivity index (χ2n) is 5.24. The molecule has 1 heterocycles. The lowest BCUT2D eigenvalue weighted by atomic mass is 10.2. The van der Waals surface area contributed by atoms with Gasteiger partial charge in [0.15, 0.2) is 0 Å². The monoisotopic (exact) mass is 294 g/mol. The van der Waals surface area contributed by atoms with Crippen LogP contribution in [0, 0.1) is 0 Å². The lowest BCUT2D eigenvalue weighted by Crippen LogP contribution is -2.36. The molecule has 1 aliphatic heterocycles. The number of rotatable bonds is 5. The van der Waals surface area contributed by atoms with Gasteiger partial charge in [0.2, 0.25) is 5.91 Å². The molecule has 0 aromatic heterocycles. The highest BCUT2D eigenvalue weighted by atomic mass is 32.2. The Bertz CT molecular complexity index is 461. The molecule has 1 aromatic carbocycles. The number of hydrogen-bond donors (Lipinski definition) is 0. The molecular formula is C15H22N2O2S. The van der Waals surface area contributed by atoms with Gasteiger partial charge in [0.05, 0.1) is 12.4 Å². The van der Waals surface area contributed by atoms with Crippen molar-refractivity contribution in [1.29, 1.82) is 0 Å². The molecule has 1 fully saturated rings. The number of ether oxygens (including phenoxy) is 1. The third kappa shape index (κ3) is 3.27.